The van der Waals surface area contributed by atoms with Gasteiger partial charge < -0.3 is 4.42 Å². The molecule has 9 rings (SSSR count). The maximum absolute atomic E-state index is 9.66. The first kappa shape index (κ1) is 10.6. The molecule has 9 aromatic rings. The minimum absolute atomic E-state index is 0.00371. The van der Waals surface area contributed by atoms with E-state index >= 15 is 0 Å². The van der Waals surface area contributed by atoms with E-state index < -0.39 is 194 Å². The maximum atomic E-state index is 9.66. The molecule has 0 unspecified atom stereocenters. The number of hydrogen-bond donors (Lipinski definition) is 0. The van der Waals surface area contributed by atoms with Gasteiger partial charge in [0.25, 0.3) is 0 Å². The Hall–Kier alpha value is -5.66. The van der Waals surface area contributed by atoms with E-state index in [0.717, 1.165) is 0 Å². The SMILES string of the molecule is [2H]c1c([2H])c([2H])c(-c2c([2H])c([2H])c(-c3c4c([2H])c([2H])c([2H])c([2H])c4c(-c4ccc5c(c4)oc4c([2H])c([2H])c([2H])c([2H])c45)c4c([2H])c([2H])c([2H])c([2H])c34)c3c([2H])c([2H])c([2H])c([2H])c23)c([2H])c1[2H]. The molecule has 0 bridgehead atoms. The minimum Gasteiger partial charge on any atom is -0.456 e. The van der Waals surface area contributed by atoms with Crippen LogP contribution in [0.3, 0.4) is 0 Å². The average Bonchev–Trinajstić information content (AvgIpc) is 3.69. The lowest BCUT2D eigenvalue weighted by atomic mass is 9.83. The minimum atomic E-state index is -0.965. The molecule has 0 saturated heterocycles. The summed E-state index contributed by atoms with van der Waals surface area (Å²) in [4.78, 5) is 0. The van der Waals surface area contributed by atoms with Gasteiger partial charge in [-0.3, -0.25) is 0 Å². The summed E-state index contributed by atoms with van der Waals surface area (Å²) in [6.07, 6.45) is 0. The van der Waals surface area contributed by atoms with E-state index in [-0.39, 0.29) is 33.1 Å². The lowest BCUT2D eigenvalue weighted by molar-refractivity contribution is 0.669. The first-order valence-corrected chi connectivity index (χ1v) is 12.9. The predicted octanol–water partition coefficient (Wildman–Crippen LogP) is 12.0. The van der Waals surface area contributed by atoms with E-state index in [4.69, 9.17) is 26.3 Å². The second-order valence-corrected chi connectivity index (χ2v) is 9.52. The van der Waals surface area contributed by atoms with Crippen molar-refractivity contribution >= 4 is 54.3 Å². The van der Waals surface area contributed by atoms with Crippen molar-refractivity contribution in [3.05, 3.63) is 157 Å². The van der Waals surface area contributed by atoms with E-state index in [1.807, 2.05) is 0 Å². The molecule has 0 saturated carbocycles. The van der Waals surface area contributed by atoms with Crippen LogP contribution in [0.1, 0.15) is 31.5 Å². The van der Waals surface area contributed by atoms with E-state index in [1.165, 1.54) is 18.2 Å². The second-order valence-electron chi connectivity index (χ2n) is 9.52. The van der Waals surface area contributed by atoms with Gasteiger partial charge in [0.2, 0.25) is 0 Å². The molecular weight excluding hydrogens is 520 g/mol. The first-order valence-electron chi connectivity index (χ1n) is 24.4. The molecular formula is C42H26O. The fraction of sp³-hybridized carbons (Fsp3) is 0. The summed E-state index contributed by atoms with van der Waals surface area (Å²) in [5.74, 6) is 0. The zero-order chi connectivity index (χ0) is 48.3. The highest BCUT2D eigenvalue weighted by atomic mass is 16.3. The van der Waals surface area contributed by atoms with E-state index in [0.29, 0.717) is 0 Å². The second kappa shape index (κ2) is 9.44. The highest BCUT2D eigenvalue weighted by Gasteiger charge is 2.19. The van der Waals surface area contributed by atoms with Gasteiger partial charge in [-0.1, -0.05) is 139 Å². The molecule has 0 aliphatic carbocycles. The molecule has 0 spiro atoms. The van der Waals surface area contributed by atoms with Crippen molar-refractivity contribution in [1.29, 1.82) is 0 Å². The van der Waals surface area contributed by atoms with Crippen LogP contribution in [0.4, 0.5) is 0 Å². The van der Waals surface area contributed by atoms with Gasteiger partial charge in [-0.2, -0.15) is 0 Å². The molecule has 0 aliphatic rings. The standard InChI is InChI=1S/C42H26O/c1-2-12-27(13-3-1)29-24-25-38(31-15-5-4-14-30(29)31)42-36-19-8-6-17-34(36)41(35-18-7-9-20-37(35)42)28-22-23-33-32-16-10-11-21-39(32)43-40(33)26-28/h1-26H/i1D,2D,3D,4D,5D,6D,7D,8D,9D,10D,11D,12D,13D,14D,15D,16D,17D,18D,19D,20D,21D,24D,25D. The zero-order valence-corrected chi connectivity index (χ0v) is 21.6. The van der Waals surface area contributed by atoms with Gasteiger partial charge in [0.15, 0.2) is 0 Å². The number of hydrogen-bond acceptors (Lipinski definition) is 1. The Kier molecular flexibility index (Phi) is 2.32. The molecule has 0 radical (unpaired) electrons. The number of furan rings is 1. The summed E-state index contributed by atoms with van der Waals surface area (Å²) in [6.45, 7) is 0. The summed E-state index contributed by atoms with van der Waals surface area (Å²) in [5.41, 5.74) is -3.07. The van der Waals surface area contributed by atoms with Crippen LogP contribution in [0.2, 0.25) is 0 Å². The Bertz CT molecular complexity index is 3690. The third-order valence-electron chi connectivity index (χ3n) is 7.28. The highest BCUT2D eigenvalue weighted by molar-refractivity contribution is 6.24. The molecule has 1 nitrogen and oxygen atoms in total. The quantitative estimate of drug-likeness (QED) is 0.193. The third-order valence-corrected chi connectivity index (χ3v) is 7.28. The van der Waals surface area contributed by atoms with Gasteiger partial charge in [-0.25, -0.2) is 0 Å². The van der Waals surface area contributed by atoms with Crippen molar-refractivity contribution in [2.75, 3.05) is 0 Å². The molecule has 0 N–H and O–H groups in total. The van der Waals surface area contributed by atoms with E-state index in [1.54, 1.807) is 0 Å². The molecule has 8 aromatic carbocycles. The normalized spacial score (nSPS) is 19.2. The topological polar surface area (TPSA) is 13.1 Å². The summed E-state index contributed by atoms with van der Waals surface area (Å²) in [6, 6.07) is -14.3. The van der Waals surface area contributed by atoms with Crippen LogP contribution in [-0.4, -0.2) is 0 Å². The highest BCUT2D eigenvalue weighted by Crippen LogP contribution is 2.47. The van der Waals surface area contributed by atoms with Gasteiger partial charge in [-0.05, 0) is 83.9 Å². The van der Waals surface area contributed by atoms with Crippen LogP contribution in [0, 0.1) is 0 Å². The van der Waals surface area contributed by atoms with Crippen LogP contribution in [0.15, 0.2) is 162 Å². The fourth-order valence-corrected chi connectivity index (χ4v) is 5.50. The molecule has 1 aromatic heterocycles. The number of fused-ring (bicyclic) bond motifs is 6. The van der Waals surface area contributed by atoms with Gasteiger partial charge in [0, 0.05) is 10.8 Å². The Morgan fingerprint density at radius 3 is 1.53 bits per heavy atom. The summed E-state index contributed by atoms with van der Waals surface area (Å²) in [7, 11) is 0. The molecule has 0 aliphatic heterocycles. The summed E-state index contributed by atoms with van der Waals surface area (Å²) in [5, 5.41) is -2.91. The van der Waals surface area contributed by atoms with Crippen molar-refractivity contribution in [2.45, 2.75) is 0 Å². The van der Waals surface area contributed by atoms with Crippen LogP contribution < -0.4 is 0 Å². The molecule has 43 heavy (non-hydrogen) atoms. The van der Waals surface area contributed by atoms with Gasteiger partial charge in [0.05, 0.1) is 31.5 Å². The van der Waals surface area contributed by atoms with Crippen molar-refractivity contribution in [1.82, 2.24) is 0 Å². The molecule has 0 amide bonds. The lowest BCUT2D eigenvalue weighted by Crippen LogP contribution is -1.92. The van der Waals surface area contributed by atoms with Gasteiger partial charge >= 0.3 is 0 Å². The Morgan fingerprint density at radius 2 is 0.860 bits per heavy atom. The molecule has 1 heteroatoms. The average molecular weight is 570 g/mol. The largest absolute Gasteiger partial charge is 0.456 e. The van der Waals surface area contributed by atoms with E-state index in [9.17, 15) is 9.60 Å². The first-order chi connectivity index (χ1) is 30.9. The molecule has 0 atom stereocenters. The molecule has 0 fully saturated rings. The maximum Gasteiger partial charge on any atom is 0.136 e. The fourth-order valence-electron chi connectivity index (χ4n) is 5.50. The van der Waals surface area contributed by atoms with Crippen LogP contribution in [-0.2, 0) is 0 Å². The van der Waals surface area contributed by atoms with Crippen molar-refractivity contribution in [2.24, 2.45) is 0 Å². The third kappa shape index (κ3) is 3.65. The smallest absolute Gasteiger partial charge is 0.136 e. The van der Waals surface area contributed by atoms with Crippen molar-refractivity contribution < 1.29 is 35.9 Å². The number of para-hydroxylation sites is 1. The zero-order valence-electron chi connectivity index (χ0n) is 44.6. The molecule has 1 heterocycles. The van der Waals surface area contributed by atoms with Crippen LogP contribution in [0.25, 0.3) is 87.6 Å². The monoisotopic (exact) mass is 569 g/mol. The Morgan fingerprint density at radius 1 is 0.349 bits per heavy atom. The van der Waals surface area contributed by atoms with Crippen molar-refractivity contribution in [3.8, 4) is 33.4 Å². The predicted molar refractivity (Wildman–Crippen MR) is 183 cm³/mol. The Labute approximate surface area is 281 Å². The number of rotatable bonds is 3. The summed E-state index contributed by atoms with van der Waals surface area (Å²) < 4.78 is 210. The Balaban J connectivity index is 1.59. The number of benzene rings is 8. The van der Waals surface area contributed by atoms with Crippen molar-refractivity contribution in [3.63, 3.8) is 0 Å². The van der Waals surface area contributed by atoms with Crippen LogP contribution in [0.5, 0.6) is 0 Å². The van der Waals surface area contributed by atoms with Crippen LogP contribution >= 0.6 is 0 Å². The van der Waals surface area contributed by atoms with Gasteiger partial charge in [0.1, 0.15) is 11.2 Å². The molecule has 200 valence electrons. The summed E-state index contributed by atoms with van der Waals surface area (Å²) >= 11 is 0. The lowest BCUT2D eigenvalue weighted by Gasteiger charge is -2.19. The van der Waals surface area contributed by atoms with E-state index in [2.05, 4.69) is 0 Å². The van der Waals surface area contributed by atoms with Gasteiger partial charge in [-0.15, -0.1) is 0 Å².